The van der Waals surface area contributed by atoms with Crippen LogP contribution in [0.15, 0.2) is 146 Å². The van der Waals surface area contributed by atoms with E-state index < -0.39 is 200 Å². The van der Waals surface area contributed by atoms with Gasteiger partial charge in [-0.05, 0) is 94.0 Å². The van der Waals surface area contributed by atoms with Crippen molar-refractivity contribution in [1.29, 1.82) is 0 Å². The maximum Gasteiger partial charge on any atom is 3.00 e. The quantitative estimate of drug-likeness (QED) is 0.0424. The molecular formula is C58H41F31N3O13S3Yb. The fourth-order valence-corrected chi connectivity index (χ4v) is 9.14. The van der Waals surface area contributed by atoms with E-state index >= 15 is 0 Å². The van der Waals surface area contributed by atoms with Crippen LogP contribution in [0.3, 0.4) is 0 Å². The fourth-order valence-electron chi connectivity index (χ4n) is 9.14. The Morgan fingerprint density at radius 2 is 0.697 bits per heavy atom. The van der Waals surface area contributed by atoms with Crippen molar-refractivity contribution in [2.24, 2.45) is 0 Å². The molecule has 51 heteroatoms. The monoisotopic (exact) mass is 1850 g/mol. The molecule has 1 aliphatic heterocycles. The van der Waals surface area contributed by atoms with Gasteiger partial charge in [0.1, 0.15) is 29.3 Å². The molecule has 0 aromatic heterocycles. The van der Waals surface area contributed by atoms with Crippen LogP contribution in [-0.4, -0.2) is 109 Å². The summed E-state index contributed by atoms with van der Waals surface area (Å²) in [5.74, 6) is -8.89. The van der Waals surface area contributed by atoms with E-state index in [0.717, 1.165) is 62.4 Å². The maximum atomic E-state index is 14.8. The van der Waals surface area contributed by atoms with E-state index in [2.05, 4.69) is 4.74 Å². The first-order valence-electron chi connectivity index (χ1n) is 27.2. The van der Waals surface area contributed by atoms with Crippen LogP contribution < -0.4 is 16.0 Å². The van der Waals surface area contributed by atoms with Gasteiger partial charge < -0.3 is 65.3 Å². The summed E-state index contributed by atoms with van der Waals surface area (Å²) < 4.78 is 470. The van der Waals surface area contributed by atoms with Crippen molar-refractivity contribution in [3.8, 4) is 0 Å². The minimum absolute atomic E-state index is 0. The Hall–Kier alpha value is -7.65. The average molecular weight is 1850 g/mol. The molecule has 615 valence electrons. The zero-order valence-corrected chi connectivity index (χ0v) is 56.7. The Kier molecular flexibility index (Phi) is 41.0. The second-order valence-corrected chi connectivity index (χ2v) is 21.8. The minimum Gasteiger partial charge on any atom is -0.385 e. The molecule has 0 bridgehead atoms. The van der Waals surface area contributed by atoms with E-state index in [1.165, 1.54) is 60.7 Å². The van der Waals surface area contributed by atoms with Gasteiger partial charge in [0.2, 0.25) is 5.91 Å². The van der Waals surface area contributed by atoms with Crippen LogP contribution in [0.4, 0.5) is 136 Å². The number of hydrogen-bond donors (Lipinski definition) is 4. The summed E-state index contributed by atoms with van der Waals surface area (Å²) in [6.07, 6.45) is -39.9. The fraction of sp³-hybridized carbons (Fsp3) is 0.293. The zero-order valence-electron chi connectivity index (χ0n) is 52.6. The Balaban J connectivity index is 0. The molecule has 16 nitrogen and oxygen atoms in total. The molecule has 1 saturated heterocycles. The molecule has 0 saturated carbocycles. The molecule has 2 amide bonds. The van der Waals surface area contributed by atoms with Crippen molar-refractivity contribution in [3.05, 3.63) is 233 Å². The summed E-state index contributed by atoms with van der Waals surface area (Å²) >= 11 is 0. The topological polar surface area (TPSA) is 257 Å². The third-order valence-corrected chi connectivity index (χ3v) is 13.1. The smallest absolute Gasteiger partial charge is 0.385 e. The number of ether oxygens (including phenoxy) is 1. The Morgan fingerprint density at radius 3 is 0.936 bits per heavy atom. The largest absolute Gasteiger partial charge is 3.00 e. The van der Waals surface area contributed by atoms with Crippen LogP contribution in [0.1, 0.15) is 58.4 Å². The third-order valence-electron chi connectivity index (χ3n) is 13.1. The van der Waals surface area contributed by atoms with Gasteiger partial charge in [0.15, 0.2) is 26.1 Å². The predicted octanol–water partition coefficient (Wildman–Crippen LogP) is 14.7. The molecule has 4 atom stereocenters. The summed E-state index contributed by atoms with van der Waals surface area (Å²) in [4.78, 5) is 26.8. The number of aliphatic hydroxyl groups is 1. The Labute approximate surface area is 633 Å². The van der Waals surface area contributed by atoms with Gasteiger partial charge in [0.05, 0.1) is 22.2 Å². The van der Waals surface area contributed by atoms with Crippen molar-refractivity contribution >= 4 is 43.6 Å². The van der Waals surface area contributed by atoms with Gasteiger partial charge in [-0.3, -0.25) is 9.59 Å². The number of amides is 2. The van der Waals surface area contributed by atoms with Crippen LogP contribution in [0.5, 0.6) is 0 Å². The summed E-state index contributed by atoms with van der Waals surface area (Å²) in [6.45, 7) is -7.10. The molecule has 1 fully saturated rings. The van der Waals surface area contributed by atoms with Gasteiger partial charge >= 0.3 is 116 Å². The molecule has 6 aromatic rings. The number of carbonyl (C=O) groups excluding carboxylic acids is 2. The number of halogens is 31. The standard InChI is InChI=1S/C29H25F11N2O2.C26H16F11NO2.3CF3.3O3S.Yb/c1-16(2)41-23(26(44,28(35,36)37)29(38,39)40)24(43)42-25(15-17-6-4-3-5-7-17,18-8-10-21(30)11-9-18)19-12-20(27(32,33)34)14-22(31)13-19;27-18-8-6-15(7-9-18)22(13-14-4-2-1-3-5-14,16-10-17(24(29,30)31)12-19(28)11-16)38-21(39)20-23(40-20,25(32,33)34)26(35,36)37;3*2-1(3)4;3*1-4(2)3;/h3-14,16,23,41,44H,15H2,1-2H3,(H,42,43);1-12,20H,13H2,(H,38,39);;;;;;;/q;;3*-1;;;;+3/t23-,25-;20-,22-;;;;;;;/m11......./s1. The van der Waals surface area contributed by atoms with Gasteiger partial charge in [0.25, 0.3) is 17.1 Å². The van der Waals surface area contributed by atoms with Crippen LogP contribution in [0.25, 0.3) is 0 Å². The third kappa shape index (κ3) is 33.1. The van der Waals surface area contributed by atoms with Gasteiger partial charge in [-0.15, -0.1) is 37.9 Å². The molecule has 4 N–H and O–H groups in total. The summed E-state index contributed by atoms with van der Waals surface area (Å²) in [7, 11) is -9.33. The van der Waals surface area contributed by atoms with E-state index in [9.17, 15) is 151 Å². The van der Waals surface area contributed by atoms with Gasteiger partial charge in [0, 0.05) is 18.9 Å². The Morgan fingerprint density at radius 1 is 0.431 bits per heavy atom. The Bertz CT molecular complexity index is 4070. The van der Waals surface area contributed by atoms with Crippen molar-refractivity contribution in [2.45, 2.75) is 104 Å². The minimum atomic E-state index is -6.49. The molecule has 1 radical (unpaired) electrons. The van der Waals surface area contributed by atoms with E-state index in [4.69, 9.17) is 37.9 Å². The van der Waals surface area contributed by atoms with Gasteiger partial charge in [-0.25, -0.2) is 17.6 Å². The van der Waals surface area contributed by atoms with Gasteiger partial charge in [-0.1, -0.05) is 98.8 Å². The van der Waals surface area contributed by atoms with Crippen molar-refractivity contribution in [1.82, 2.24) is 16.0 Å². The van der Waals surface area contributed by atoms with E-state index in [1.54, 1.807) is 5.32 Å². The SMILES string of the molecule is CC(C)N[C@H](C(=O)N[C@](Cc1ccccc1)(c1ccc(F)cc1)c1cc(F)cc(C(F)(F)F)c1)C(O)(C(F)(F)F)C(F)(F)F.F[C-](F)F.F[C-](F)F.F[C-](F)F.O=C(N[C@](Cc1ccccc1)(c1ccc(F)cc1)c1cc(F)cc(C(F)(F)F)c1)[C@H]1OC1(C(F)(F)F)C(F)(F)F.O=S(=O)=O.O=S(=O)=O.O=S(=O)=O.[Yb+3]. The number of carbonyl (C=O) groups is 2. The predicted molar refractivity (Wildman–Crippen MR) is 301 cm³/mol. The van der Waals surface area contributed by atoms with Crippen LogP contribution in [0.2, 0.25) is 0 Å². The maximum absolute atomic E-state index is 14.8. The van der Waals surface area contributed by atoms with Crippen molar-refractivity contribution < 1.29 is 240 Å². The molecular weight excluding hydrogens is 1800 g/mol. The number of rotatable bonds is 15. The number of alkyl halides is 18. The van der Waals surface area contributed by atoms with Crippen molar-refractivity contribution in [2.75, 3.05) is 0 Å². The van der Waals surface area contributed by atoms with E-state index in [-0.39, 0.29) is 81.3 Å². The second-order valence-electron chi connectivity index (χ2n) is 20.6. The number of benzene rings is 6. The molecule has 1 aliphatic rings. The summed E-state index contributed by atoms with van der Waals surface area (Å²) in [5, 5.41) is 15.9. The van der Waals surface area contributed by atoms with Crippen LogP contribution in [-0.2, 0) is 82.4 Å². The molecule has 0 aliphatic carbocycles. The van der Waals surface area contributed by atoms with Gasteiger partial charge in [-0.2, -0.15) is 79.0 Å². The normalized spacial score (nSPS) is 14.6. The molecule has 7 rings (SSSR count). The van der Waals surface area contributed by atoms with E-state index in [0.29, 0.717) is 24.3 Å². The molecule has 109 heavy (non-hydrogen) atoms. The molecule has 0 spiro atoms. The van der Waals surface area contributed by atoms with Crippen LogP contribution in [0, 0.1) is 90.2 Å². The van der Waals surface area contributed by atoms with E-state index in [1.807, 2.05) is 10.6 Å². The number of hydrogen-bond acceptors (Lipinski definition) is 14. The summed E-state index contributed by atoms with van der Waals surface area (Å²) in [5.41, 5.74) is -20.3. The first-order chi connectivity index (χ1) is 48.9. The first kappa shape index (κ1) is 103. The van der Waals surface area contributed by atoms with Crippen LogP contribution >= 0.6 is 0 Å². The molecule has 1 heterocycles. The zero-order chi connectivity index (χ0) is 84.5. The van der Waals surface area contributed by atoms with Crippen molar-refractivity contribution in [3.63, 3.8) is 0 Å². The first-order valence-corrected chi connectivity index (χ1v) is 30.2. The molecule has 6 aromatic carbocycles. The number of nitrogens with one attached hydrogen (secondary N) is 3. The second kappa shape index (κ2) is 43.2. The number of epoxide rings is 1. The summed E-state index contributed by atoms with van der Waals surface area (Å²) in [6, 6.07) is 18.5. The average Bonchev–Trinajstić information content (AvgIpc) is 1.53. The molecule has 0 unspecified atom stereocenters.